The molecule has 0 aliphatic carbocycles. The lowest BCUT2D eigenvalue weighted by molar-refractivity contribution is -0.155. The third-order valence-corrected chi connectivity index (χ3v) is 8.07. The van der Waals surface area contributed by atoms with E-state index < -0.39 is 18.0 Å². The van der Waals surface area contributed by atoms with Crippen molar-refractivity contribution in [1.82, 2.24) is 15.1 Å². The van der Waals surface area contributed by atoms with Crippen LogP contribution in [0, 0.1) is 0 Å². The number of nitrogens with zero attached hydrogens (tertiary/aromatic N) is 4. The highest BCUT2D eigenvalue weighted by atomic mass is 32.2. The standard InChI is InChI=1S/C26H35N9O3S/c27-25(28)31-10-3-6-20-24(38)34(11-9-16-7-8-17-4-1-2-5-18(17)12-16)14-22-35(20)23(37)19(15-39-22)33-21(36)13-32-26(29)30/h1-2,4-5,7-8,12,19-20,22H,3,6,9-11,13-15H2,(H,33,36)(H4,27,28,31)(H4,29,30,32)/t19-,20-,22-/m0/s1. The number of nitrogens with two attached hydrogens (primary N) is 4. The molecule has 3 atom stereocenters. The van der Waals surface area contributed by atoms with Crippen LogP contribution in [0.25, 0.3) is 10.8 Å². The highest BCUT2D eigenvalue weighted by molar-refractivity contribution is 8.00. The van der Waals surface area contributed by atoms with Crippen molar-refractivity contribution in [3.05, 3.63) is 48.0 Å². The summed E-state index contributed by atoms with van der Waals surface area (Å²) in [6.07, 6.45) is 1.63. The van der Waals surface area contributed by atoms with Crippen molar-refractivity contribution in [2.75, 3.05) is 31.9 Å². The third kappa shape index (κ3) is 7.11. The number of amides is 3. The number of aliphatic imine (C=N–C) groups is 2. The fraction of sp³-hybridized carbons (Fsp3) is 0.423. The maximum Gasteiger partial charge on any atom is 0.247 e. The molecular weight excluding hydrogens is 518 g/mol. The molecule has 2 aliphatic heterocycles. The van der Waals surface area contributed by atoms with Crippen molar-refractivity contribution in [1.29, 1.82) is 0 Å². The van der Waals surface area contributed by atoms with Crippen LogP contribution in [0.4, 0.5) is 0 Å². The van der Waals surface area contributed by atoms with Gasteiger partial charge >= 0.3 is 0 Å². The number of thioether (sulfide) groups is 1. The Morgan fingerprint density at radius 1 is 1.00 bits per heavy atom. The highest BCUT2D eigenvalue weighted by Gasteiger charge is 2.47. The molecule has 0 bridgehead atoms. The summed E-state index contributed by atoms with van der Waals surface area (Å²) in [4.78, 5) is 50.7. The van der Waals surface area contributed by atoms with Gasteiger partial charge in [-0.3, -0.25) is 19.4 Å². The summed E-state index contributed by atoms with van der Waals surface area (Å²) in [6.45, 7) is 1.03. The van der Waals surface area contributed by atoms with Crippen molar-refractivity contribution in [3.63, 3.8) is 0 Å². The number of benzene rings is 2. The quantitative estimate of drug-likeness (QED) is 0.145. The van der Waals surface area contributed by atoms with Gasteiger partial charge in [-0.15, -0.1) is 11.8 Å². The van der Waals surface area contributed by atoms with Gasteiger partial charge in [-0.05, 0) is 35.6 Å². The molecule has 2 aromatic carbocycles. The van der Waals surface area contributed by atoms with E-state index in [9.17, 15) is 14.4 Å². The van der Waals surface area contributed by atoms with Crippen molar-refractivity contribution in [2.45, 2.75) is 36.7 Å². The number of hydrogen-bond acceptors (Lipinski definition) is 6. The smallest absolute Gasteiger partial charge is 0.247 e. The number of carbonyl (C=O) groups excluding carboxylic acids is 3. The predicted molar refractivity (Wildman–Crippen MR) is 154 cm³/mol. The Morgan fingerprint density at radius 2 is 1.74 bits per heavy atom. The molecule has 0 radical (unpaired) electrons. The zero-order valence-electron chi connectivity index (χ0n) is 21.7. The molecule has 2 saturated heterocycles. The summed E-state index contributed by atoms with van der Waals surface area (Å²) in [7, 11) is 0. The van der Waals surface area contributed by atoms with Gasteiger partial charge in [0.1, 0.15) is 18.6 Å². The van der Waals surface area contributed by atoms with Crippen LogP contribution < -0.4 is 28.3 Å². The van der Waals surface area contributed by atoms with E-state index in [2.05, 4.69) is 45.6 Å². The van der Waals surface area contributed by atoms with Crippen LogP contribution in [0.5, 0.6) is 0 Å². The zero-order chi connectivity index (χ0) is 27.9. The van der Waals surface area contributed by atoms with Crippen LogP contribution in [-0.2, 0) is 20.8 Å². The Morgan fingerprint density at radius 3 is 2.49 bits per heavy atom. The molecule has 2 aliphatic rings. The second-order valence-electron chi connectivity index (χ2n) is 9.58. The molecule has 2 heterocycles. The number of piperazine rings is 1. The van der Waals surface area contributed by atoms with E-state index in [0.29, 0.717) is 44.6 Å². The lowest BCUT2D eigenvalue weighted by atomic mass is 10.0. The van der Waals surface area contributed by atoms with Gasteiger partial charge in [0, 0.05) is 18.8 Å². The molecule has 2 fully saturated rings. The van der Waals surface area contributed by atoms with E-state index in [4.69, 9.17) is 22.9 Å². The Bertz CT molecular complexity index is 1280. The summed E-state index contributed by atoms with van der Waals surface area (Å²) >= 11 is 1.55. The number of rotatable bonds is 10. The lowest BCUT2D eigenvalue weighted by Gasteiger charge is -2.49. The Hall–Kier alpha value is -4.00. The maximum atomic E-state index is 13.7. The van der Waals surface area contributed by atoms with Gasteiger partial charge in [-0.1, -0.05) is 42.5 Å². The molecule has 13 heteroatoms. The van der Waals surface area contributed by atoms with E-state index in [-0.39, 0.29) is 35.7 Å². The first-order valence-electron chi connectivity index (χ1n) is 12.8. The average molecular weight is 554 g/mol. The highest BCUT2D eigenvalue weighted by Crippen LogP contribution is 2.33. The predicted octanol–water partition coefficient (Wildman–Crippen LogP) is -0.694. The first-order chi connectivity index (χ1) is 18.7. The van der Waals surface area contributed by atoms with Gasteiger partial charge < -0.3 is 38.1 Å². The van der Waals surface area contributed by atoms with E-state index in [1.54, 1.807) is 16.7 Å². The minimum atomic E-state index is -0.773. The first kappa shape index (κ1) is 28.0. The van der Waals surface area contributed by atoms with Gasteiger partial charge in [0.05, 0.1) is 11.9 Å². The number of hydrogen-bond donors (Lipinski definition) is 5. The Labute approximate surface area is 231 Å². The summed E-state index contributed by atoms with van der Waals surface area (Å²) in [5.41, 5.74) is 22.6. The molecule has 0 spiro atoms. The molecule has 2 aromatic rings. The third-order valence-electron chi connectivity index (χ3n) is 6.78. The van der Waals surface area contributed by atoms with Gasteiger partial charge in [-0.25, -0.2) is 4.99 Å². The van der Waals surface area contributed by atoms with Crippen molar-refractivity contribution < 1.29 is 14.4 Å². The molecule has 4 rings (SSSR count). The maximum absolute atomic E-state index is 13.7. The summed E-state index contributed by atoms with van der Waals surface area (Å²) in [5, 5.41) is 4.81. The monoisotopic (exact) mass is 553 g/mol. The Kier molecular flexibility index (Phi) is 9.12. The summed E-state index contributed by atoms with van der Waals surface area (Å²) in [6, 6.07) is 13.0. The number of carbonyl (C=O) groups is 3. The largest absolute Gasteiger partial charge is 0.370 e. The number of guanidine groups is 2. The fourth-order valence-electron chi connectivity index (χ4n) is 4.91. The molecule has 0 aromatic heterocycles. The van der Waals surface area contributed by atoms with Crippen LogP contribution >= 0.6 is 11.8 Å². The molecule has 39 heavy (non-hydrogen) atoms. The number of fused-ring (bicyclic) bond motifs is 2. The van der Waals surface area contributed by atoms with Crippen molar-refractivity contribution in [3.8, 4) is 0 Å². The van der Waals surface area contributed by atoms with E-state index >= 15 is 0 Å². The van der Waals surface area contributed by atoms with Crippen LogP contribution in [-0.4, -0.2) is 88.8 Å². The second kappa shape index (κ2) is 12.7. The Balaban J connectivity index is 1.47. The molecule has 208 valence electrons. The minimum absolute atomic E-state index is 0.0204. The first-order valence-corrected chi connectivity index (χ1v) is 13.9. The zero-order valence-corrected chi connectivity index (χ0v) is 22.5. The molecule has 3 amide bonds. The van der Waals surface area contributed by atoms with Crippen LogP contribution in [0.2, 0.25) is 0 Å². The SMILES string of the molecule is NC(N)=NCCC[C@H]1C(=O)N(CCc2ccc3ccccc3c2)C[C@@H]2SC[C@H](NC(=O)CN=C(N)N)C(=O)N21. The van der Waals surface area contributed by atoms with Crippen LogP contribution in [0.15, 0.2) is 52.4 Å². The summed E-state index contributed by atoms with van der Waals surface area (Å²) in [5.74, 6) is -0.704. The molecule has 0 saturated carbocycles. The van der Waals surface area contributed by atoms with Gasteiger partial charge in [0.25, 0.3) is 0 Å². The van der Waals surface area contributed by atoms with Gasteiger partial charge in [0.15, 0.2) is 11.9 Å². The van der Waals surface area contributed by atoms with Crippen molar-refractivity contribution in [2.24, 2.45) is 32.9 Å². The molecule has 0 unspecified atom stereocenters. The normalized spacial score (nSPS) is 20.9. The molecule has 12 nitrogen and oxygen atoms in total. The minimum Gasteiger partial charge on any atom is -0.370 e. The number of nitrogens with one attached hydrogen (secondary N) is 1. The molecule has 9 N–H and O–H groups in total. The van der Waals surface area contributed by atoms with Crippen LogP contribution in [0.3, 0.4) is 0 Å². The van der Waals surface area contributed by atoms with Gasteiger partial charge in [0.2, 0.25) is 17.7 Å². The van der Waals surface area contributed by atoms with Gasteiger partial charge in [-0.2, -0.15) is 0 Å². The lowest BCUT2D eigenvalue weighted by Crippen LogP contribution is -2.68. The average Bonchev–Trinajstić information content (AvgIpc) is 2.91. The molecular formula is C26H35N9O3S. The summed E-state index contributed by atoms with van der Waals surface area (Å²) < 4.78 is 0. The van der Waals surface area contributed by atoms with E-state index in [0.717, 1.165) is 10.9 Å². The van der Waals surface area contributed by atoms with Crippen LogP contribution in [0.1, 0.15) is 18.4 Å². The van der Waals surface area contributed by atoms with E-state index in [1.807, 2.05) is 17.0 Å². The van der Waals surface area contributed by atoms with Crippen molar-refractivity contribution >= 4 is 52.2 Å². The second-order valence-corrected chi connectivity index (χ2v) is 10.8. The van der Waals surface area contributed by atoms with E-state index in [1.165, 1.54) is 5.39 Å². The fourth-order valence-corrected chi connectivity index (χ4v) is 6.24. The topological polar surface area (TPSA) is 199 Å².